The van der Waals surface area contributed by atoms with Gasteiger partial charge in [0.2, 0.25) is 0 Å². The number of aliphatic hydroxyl groups is 1. The third kappa shape index (κ3) is 5.69. The number of ether oxygens (including phenoxy) is 7. The molecule has 45 heavy (non-hydrogen) atoms. The van der Waals surface area contributed by atoms with Crippen LogP contribution in [0.25, 0.3) is 0 Å². The molecule has 0 radical (unpaired) electrons. The molecule has 2 saturated heterocycles. The van der Waals surface area contributed by atoms with E-state index in [0.29, 0.717) is 0 Å². The smallest absolute Gasteiger partial charge is 0.312 e. The second-order valence-electron chi connectivity index (χ2n) is 12.6. The number of hydrogen-bond acceptors (Lipinski definition) is 14. The normalized spacial score (nSPS) is 43.7. The molecule has 250 valence electrons. The average molecular weight is 659 g/mol. The minimum atomic E-state index is -2.47. The van der Waals surface area contributed by atoms with Crippen LogP contribution in [0.15, 0.2) is 12.2 Å². The first-order valence-corrected chi connectivity index (χ1v) is 14.9. The maximum absolute atomic E-state index is 13.2. The molecule has 0 spiro atoms. The van der Waals surface area contributed by atoms with Gasteiger partial charge in [-0.25, -0.2) is 0 Å². The van der Waals surface area contributed by atoms with Gasteiger partial charge in [-0.3, -0.25) is 28.8 Å². The molecule has 4 rings (SSSR count). The summed E-state index contributed by atoms with van der Waals surface area (Å²) in [6.45, 7) is 13.8. The van der Waals surface area contributed by atoms with Gasteiger partial charge in [-0.15, -0.1) is 11.6 Å². The first kappa shape index (κ1) is 34.6. The van der Waals surface area contributed by atoms with E-state index in [1.54, 1.807) is 0 Å². The molecule has 2 aliphatic heterocycles. The molecule has 0 aromatic heterocycles. The molecule has 2 saturated carbocycles. The van der Waals surface area contributed by atoms with E-state index in [-0.39, 0.29) is 12.0 Å². The second-order valence-corrected chi connectivity index (χ2v) is 13.0. The minimum Gasteiger partial charge on any atom is -0.462 e. The van der Waals surface area contributed by atoms with Crippen molar-refractivity contribution in [1.29, 1.82) is 0 Å². The quantitative estimate of drug-likeness (QED) is 0.146. The van der Waals surface area contributed by atoms with Gasteiger partial charge in [-0.2, -0.15) is 0 Å². The topological polar surface area (TPSA) is 191 Å². The molecule has 0 aromatic carbocycles. The molecule has 1 N–H and O–H groups in total. The summed E-state index contributed by atoms with van der Waals surface area (Å²) in [5.74, 6) is -7.99. The molecule has 0 bridgehead atoms. The SMILES string of the molecule is C=C1C(Cl)C2OC(=O)C(C)[C@]2(O)[C@H](OC(C)=O)C2[C@](C)(OC(C)=O)C(OC(C)=O)CC(OC(C)=O)[C@]2(C)[C@H](OC(C)=O)C2OC12. The van der Waals surface area contributed by atoms with Crippen molar-refractivity contribution >= 4 is 47.4 Å². The molecule has 14 nitrogen and oxygen atoms in total. The lowest BCUT2D eigenvalue weighted by molar-refractivity contribution is -0.296. The Morgan fingerprint density at radius 3 is 1.89 bits per heavy atom. The largest absolute Gasteiger partial charge is 0.462 e. The molecule has 13 atom stereocenters. The summed E-state index contributed by atoms with van der Waals surface area (Å²) in [5.41, 5.74) is -6.06. The van der Waals surface area contributed by atoms with Gasteiger partial charge in [0.05, 0.1) is 22.6 Å². The summed E-state index contributed by atoms with van der Waals surface area (Å²) < 4.78 is 40.8. The highest BCUT2D eigenvalue weighted by atomic mass is 35.5. The Hall–Kier alpha value is -3.23. The summed E-state index contributed by atoms with van der Waals surface area (Å²) in [4.78, 5) is 76.6. The third-order valence-electron chi connectivity index (χ3n) is 9.54. The third-order valence-corrected chi connectivity index (χ3v) is 10.1. The van der Waals surface area contributed by atoms with Gasteiger partial charge in [0, 0.05) is 41.0 Å². The van der Waals surface area contributed by atoms with E-state index in [0.717, 1.165) is 34.6 Å². The van der Waals surface area contributed by atoms with Crippen LogP contribution >= 0.6 is 11.6 Å². The number of alkyl halides is 1. The Morgan fingerprint density at radius 2 is 1.38 bits per heavy atom. The van der Waals surface area contributed by atoms with Crippen molar-refractivity contribution in [3.63, 3.8) is 0 Å². The average Bonchev–Trinajstić information content (AvgIpc) is 3.65. The Morgan fingerprint density at radius 1 is 0.867 bits per heavy atom. The van der Waals surface area contributed by atoms with Crippen molar-refractivity contribution in [1.82, 2.24) is 0 Å². The number of rotatable bonds is 5. The van der Waals surface area contributed by atoms with E-state index in [1.165, 1.54) is 20.8 Å². The van der Waals surface area contributed by atoms with Crippen molar-refractivity contribution in [3.8, 4) is 0 Å². The molecular weight excluding hydrogens is 620 g/mol. The van der Waals surface area contributed by atoms with E-state index in [1.807, 2.05) is 0 Å². The number of carbonyl (C=O) groups excluding carboxylic acids is 6. The van der Waals surface area contributed by atoms with Crippen LogP contribution in [0.1, 0.15) is 61.8 Å². The van der Waals surface area contributed by atoms with Crippen LogP contribution in [-0.2, 0) is 61.9 Å². The summed E-state index contributed by atoms with van der Waals surface area (Å²) in [7, 11) is 0. The maximum Gasteiger partial charge on any atom is 0.312 e. The van der Waals surface area contributed by atoms with Crippen LogP contribution in [0.5, 0.6) is 0 Å². The standard InChI is InChI=1S/C30H39ClO14/c1-11-20(31)24-30(38,12(2)27(37)44-24)26(42-16(6)35)23-28(8,25(41-15(5)34)22-21(11)43-22)18(39-13(3)32)10-19(40-14(4)33)29(23,9)45-17(7)36/h12,18-26,38H,1,10H2,2-9H3/t12?,18?,19?,20?,21?,22?,23?,24?,25-,26-,28+,29-,30-/m1/s1. The van der Waals surface area contributed by atoms with Crippen molar-refractivity contribution in [2.24, 2.45) is 17.3 Å². The van der Waals surface area contributed by atoms with Crippen molar-refractivity contribution < 1.29 is 67.0 Å². The zero-order valence-corrected chi connectivity index (χ0v) is 27.1. The van der Waals surface area contributed by atoms with Gasteiger partial charge in [0.25, 0.3) is 0 Å². The van der Waals surface area contributed by atoms with Crippen molar-refractivity contribution in [3.05, 3.63) is 12.2 Å². The molecule has 0 aromatic rings. The summed E-state index contributed by atoms with van der Waals surface area (Å²) in [5, 5.41) is 11.4. The summed E-state index contributed by atoms with van der Waals surface area (Å²) in [6.07, 6.45) is -9.64. The van der Waals surface area contributed by atoms with E-state index < -0.39 is 112 Å². The first-order chi connectivity index (χ1) is 20.7. The number of esters is 6. The van der Waals surface area contributed by atoms with Gasteiger partial charge in [0.1, 0.15) is 36.6 Å². The lowest BCUT2D eigenvalue weighted by Crippen LogP contribution is -2.76. The predicted octanol–water partition coefficient (Wildman–Crippen LogP) is 1.30. The van der Waals surface area contributed by atoms with Crippen LogP contribution in [0.4, 0.5) is 0 Å². The lowest BCUT2D eigenvalue weighted by atomic mass is 9.50. The number of halogens is 1. The molecule has 2 heterocycles. The van der Waals surface area contributed by atoms with E-state index in [4.69, 9.17) is 44.8 Å². The highest BCUT2D eigenvalue weighted by Gasteiger charge is 2.77. The fourth-order valence-corrected chi connectivity index (χ4v) is 8.04. The number of fused-ring (bicyclic) bond motifs is 3. The lowest BCUT2D eigenvalue weighted by Gasteiger charge is -2.61. The molecule has 15 heteroatoms. The van der Waals surface area contributed by atoms with Crippen LogP contribution in [-0.4, -0.2) is 100 Å². The Labute approximate surface area is 264 Å². The molecule has 4 aliphatic rings. The first-order valence-electron chi connectivity index (χ1n) is 14.5. The van der Waals surface area contributed by atoms with Gasteiger partial charge in [-0.1, -0.05) is 13.5 Å². The Kier molecular flexibility index (Phi) is 9.12. The maximum atomic E-state index is 13.2. The number of carbonyl (C=O) groups is 6. The molecule has 4 fully saturated rings. The Bertz CT molecular complexity index is 1320. The number of hydrogen-bond donors (Lipinski definition) is 1. The highest BCUT2D eigenvalue weighted by Crippen LogP contribution is 2.62. The zero-order chi connectivity index (χ0) is 34.0. The summed E-state index contributed by atoms with van der Waals surface area (Å²) >= 11 is 6.84. The van der Waals surface area contributed by atoms with Crippen LogP contribution in [0.2, 0.25) is 0 Å². The van der Waals surface area contributed by atoms with Gasteiger partial charge in [-0.05, 0) is 19.4 Å². The number of epoxide rings is 1. The fourth-order valence-electron chi connectivity index (χ4n) is 7.67. The molecule has 2 aliphatic carbocycles. The van der Waals surface area contributed by atoms with Crippen LogP contribution < -0.4 is 0 Å². The van der Waals surface area contributed by atoms with Crippen molar-refractivity contribution in [2.75, 3.05) is 0 Å². The Balaban J connectivity index is 2.17. The second kappa shape index (κ2) is 11.8. The van der Waals surface area contributed by atoms with Crippen LogP contribution in [0.3, 0.4) is 0 Å². The molecule has 8 unspecified atom stereocenters. The van der Waals surface area contributed by atoms with Gasteiger partial charge >= 0.3 is 35.8 Å². The molecule has 0 amide bonds. The molecular formula is C30H39ClO14. The van der Waals surface area contributed by atoms with E-state index >= 15 is 0 Å². The van der Waals surface area contributed by atoms with Gasteiger partial charge in [0.15, 0.2) is 17.3 Å². The summed E-state index contributed by atoms with van der Waals surface area (Å²) in [6, 6.07) is 0. The van der Waals surface area contributed by atoms with Crippen LogP contribution in [0, 0.1) is 17.3 Å². The van der Waals surface area contributed by atoms with Gasteiger partial charge < -0.3 is 38.3 Å². The predicted molar refractivity (Wildman–Crippen MR) is 150 cm³/mol. The highest BCUT2D eigenvalue weighted by molar-refractivity contribution is 6.23. The minimum absolute atomic E-state index is 0.174. The van der Waals surface area contributed by atoms with E-state index in [9.17, 15) is 33.9 Å². The zero-order valence-electron chi connectivity index (χ0n) is 26.3. The van der Waals surface area contributed by atoms with Crippen molar-refractivity contribution in [2.45, 2.75) is 121 Å². The van der Waals surface area contributed by atoms with E-state index in [2.05, 4.69) is 6.58 Å². The fraction of sp³-hybridized carbons (Fsp3) is 0.733. The monoisotopic (exact) mass is 658 g/mol.